The highest BCUT2D eigenvalue weighted by Crippen LogP contribution is 2.28. The zero-order chi connectivity index (χ0) is 14.2. The topological polar surface area (TPSA) is 47.4 Å². The second-order valence-corrected chi connectivity index (χ2v) is 6.93. The minimum Gasteiger partial charge on any atom is -0.444 e. The minimum absolute atomic E-state index is 0.169. The van der Waals surface area contributed by atoms with Crippen molar-refractivity contribution in [3.63, 3.8) is 0 Å². The number of halogens is 1. The summed E-state index contributed by atoms with van der Waals surface area (Å²) >= 11 is 3.39. The fourth-order valence-corrected chi connectivity index (χ4v) is 2.59. The summed E-state index contributed by atoms with van der Waals surface area (Å²) in [5.41, 5.74) is -0.455. The summed E-state index contributed by atoms with van der Waals surface area (Å²) in [4.78, 5) is 13.9. The maximum atomic E-state index is 12.1. The molecule has 0 N–H and O–H groups in total. The fraction of sp³-hybridized carbons (Fsp3) is 0.692. The maximum Gasteiger partial charge on any atom is 0.410 e. The standard InChI is InChI=1S/C13H20BrN3O2/c1-9-5-11(17-7-10(14)6-15-17)8-16(9)12(18)19-13(2,3)4/h6-7,9,11H,5,8H2,1-4H3/t9-,11+/m0/s1. The molecule has 1 saturated heterocycles. The summed E-state index contributed by atoms with van der Waals surface area (Å²) in [5, 5.41) is 4.29. The van der Waals surface area contributed by atoms with E-state index in [2.05, 4.69) is 21.0 Å². The van der Waals surface area contributed by atoms with Gasteiger partial charge in [-0.2, -0.15) is 5.10 Å². The summed E-state index contributed by atoms with van der Waals surface area (Å²) in [6.45, 7) is 8.34. The molecule has 2 atom stereocenters. The Bertz CT molecular complexity index is 467. The molecule has 2 rings (SSSR count). The lowest BCUT2D eigenvalue weighted by Gasteiger charge is -2.26. The van der Waals surface area contributed by atoms with Gasteiger partial charge in [-0.15, -0.1) is 0 Å². The van der Waals surface area contributed by atoms with Crippen molar-refractivity contribution in [1.82, 2.24) is 14.7 Å². The van der Waals surface area contributed by atoms with Crippen molar-refractivity contribution >= 4 is 22.0 Å². The predicted octanol–water partition coefficient (Wildman–Crippen LogP) is 3.22. The Hall–Kier alpha value is -1.04. The highest BCUT2D eigenvalue weighted by Gasteiger charge is 2.36. The number of nitrogens with zero attached hydrogens (tertiary/aromatic N) is 3. The van der Waals surface area contributed by atoms with Crippen LogP contribution in [0.2, 0.25) is 0 Å². The molecule has 6 heteroatoms. The Kier molecular flexibility index (Phi) is 3.90. The number of rotatable bonds is 1. The van der Waals surface area contributed by atoms with E-state index in [4.69, 9.17) is 4.74 Å². The SMILES string of the molecule is C[C@H]1C[C@@H](n2cc(Br)cn2)CN1C(=O)OC(C)(C)C. The van der Waals surface area contributed by atoms with Crippen molar-refractivity contribution in [3.8, 4) is 0 Å². The van der Waals surface area contributed by atoms with Gasteiger partial charge in [-0.05, 0) is 50.0 Å². The van der Waals surface area contributed by atoms with Crippen LogP contribution in [-0.2, 0) is 4.74 Å². The number of ether oxygens (including phenoxy) is 1. The van der Waals surface area contributed by atoms with Crippen LogP contribution in [0.1, 0.15) is 40.2 Å². The number of amides is 1. The lowest BCUT2D eigenvalue weighted by Crippen LogP contribution is -2.38. The van der Waals surface area contributed by atoms with Crippen molar-refractivity contribution in [1.29, 1.82) is 0 Å². The van der Waals surface area contributed by atoms with E-state index in [9.17, 15) is 4.79 Å². The molecular formula is C13H20BrN3O2. The second-order valence-electron chi connectivity index (χ2n) is 6.01. The molecule has 106 valence electrons. The summed E-state index contributed by atoms with van der Waals surface area (Å²) in [7, 11) is 0. The van der Waals surface area contributed by atoms with Crippen molar-refractivity contribution in [2.75, 3.05) is 6.54 Å². The number of hydrogen-bond acceptors (Lipinski definition) is 3. The van der Waals surface area contributed by atoms with Gasteiger partial charge in [0.1, 0.15) is 5.60 Å². The molecule has 0 radical (unpaired) electrons. The Morgan fingerprint density at radius 3 is 2.74 bits per heavy atom. The molecule has 1 aliphatic rings. The van der Waals surface area contributed by atoms with Crippen molar-refractivity contribution in [2.45, 2.75) is 51.8 Å². The van der Waals surface area contributed by atoms with Crippen LogP contribution < -0.4 is 0 Å². The summed E-state index contributed by atoms with van der Waals surface area (Å²) < 4.78 is 8.29. The highest BCUT2D eigenvalue weighted by atomic mass is 79.9. The predicted molar refractivity (Wildman–Crippen MR) is 76.0 cm³/mol. The van der Waals surface area contributed by atoms with E-state index in [0.717, 1.165) is 10.9 Å². The maximum absolute atomic E-state index is 12.1. The van der Waals surface area contributed by atoms with Gasteiger partial charge in [-0.3, -0.25) is 4.68 Å². The molecule has 1 aliphatic heterocycles. The first-order chi connectivity index (χ1) is 8.76. The van der Waals surface area contributed by atoms with E-state index < -0.39 is 5.60 Å². The average molecular weight is 330 g/mol. The number of hydrogen-bond donors (Lipinski definition) is 0. The van der Waals surface area contributed by atoms with E-state index in [-0.39, 0.29) is 18.2 Å². The monoisotopic (exact) mass is 329 g/mol. The van der Waals surface area contributed by atoms with Crippen LogP contribution in [0.4, 0.5) is 4.79 Å². The quantitative estimate of drug-likeness (QED) is 0.794. The molecule has 1 aromatic heterocycles. The molecule has 0 unspecified atom stereocenters. The molecule has 19 heavy (non-hydrogen) atoms. The molecule has 0 aromatic carbocycles. The Morgan fingerprint density at radius 1 is 1.53 bits per heavy atom. The first-order valence-electron chi connectivity index (χ1n) is 6.45. The Labute approximate surface area is 122 Å². The molecule has 0 saturated carbocycles. The average Bonchev–Trinajstić information content (AvgIpc) is 2.82. The molecule has 1 fully saturated rings. The van der Waals surface area contributed by atoms with Crippen LogP contribution >= 0.6 is 15.9 Å². The van der Waals surface area contributed by atoms with Gasteiger partial charge in [-0.25, -0.2) is 4.79 Å². The van der Waals surface area contributed by atoms with Gasteiger partial charge in [0.2, 0.25) is 0 Å². The van der Waals surface area contributed by atoms with E-state index in [1.165, 1.54) is 0 Å². The van der Waals surface area contributed by atoms with Crippen LogP contribution in [0.25, 0.3) is 0 Å². The highest BCUT2D eigenvalue weighted by molar-refractivity contribution is 9.10. The van der Waals surface area contributed by atoms with Gasteiger partial charge >= 0.3 is 6.09 Å². The van der Waals surface area contributed by atoms with E-state index >= 15 is 0 Å². The summed E-state index contributed by atoms with van der Waals surface area (Å²) in [5.74, 6) is 0. The van der Waals surface area contributed by atoms with Crippen LogP contribution in [0, 0.1) is 0 Å². The van der Waals surface area contributed by atoms with Crippen molar-refractivity contribution < 1.29 is 9.53 Å². The number of aromatic nitrogens is 2. The third-order valence-electron chi connectivity index (χ3n) is 3.12. The lowest BCUT2D eigenvalue weighted by molar-refractivity contribution is 0.0234. The van der Waals surface area contributed by atoms with Crippen LogP contribution in [0.3, 0.4) is 0 Å². The van der Waals surface area contributed by atoms with E-state index in [1.54, 1.807) is 11.1 Å². The van der Waals surface area contributed by atoms with Gasteiger partial charge in [0.25, 0.3) is 0 Å². The third kappa shape index (κ3) is 3.49. The Morgan fingerprint density at radius 2 is 2.21 bits per heavy atom. The first-order valence-corrected chi connectivity index (χ1v) is 7.25. The summed E-state index contributed by atoms with van der Waals surface area (Å²) in [6.07, 6.45) is 4.36. The normalized spacial score (nSPS) is 23.7. The molecular weight excluding hydrogens is 310 g/mol. The van der Waals surface area contributed by atoms with Crippen LogP contribution in [-0.4, -0.2) is 39.0 Å². The van der Waals surface area contributed by atoms with E-state index in [1.807, 2.05) is 38.6 Å². The van der Waals surface area contributed by atoms with Gasteiger partial charge < -0.3 is 9.64 Å². The number of carbonyl (C=O) groups excluding carboxylic acids is 1. The van der Waals surface area contributed by atoms with Gasteiger partial charge in [0.15, 0.2) is 0 Å². The molecule has 0 bridgehead atoms. The van der Waals surface area contributed by atoms with E-state index in [0.29, 0.717) is 6.54 Å². The number of likely N-dealkylation sites (tertiary alicyclic amines) is 1. The molecule has 5 nitrogen and oxygen atoms in total. The molecule has 0 aliphatic carbocycles. The molecule has 0 spiro atoms. The van der Waals surface area contributed by atoms with Gasteiger partial charge in [0, 0.05) is 18.8 Å². The van der Waals surface area contributed by atoms with Crippen molar-refractivity contribution in [2.24, 2.45) is 0 Å². The molecule has 1 amide bonds. The zero-order valence-corrected chi connectivity index (χ0v) is 13.3. The summed E-state index contributed by atoms with van der Waals surface area (Å²) in [6, 6.07) is 0.386. The Balaban J connectivity index is 2.03. The molecule has 2 heterocycles. The van der Waals surface area contributed by atoms with Gasteiger partial charge in [-0.1, -0.05) is 0 Å². The fourth-order valence-electron chi connectivity index (χ4n) is 2.28. The second kappa shape index (κ2) is 5.15. The van der Waals surface area contributed by atoms with Crippen LogP contribution in [0.15, 0.2) is 16.9 Å². The largest absolute Gasteiger partial charge is 0.444 e. The van der Waals surface area contributed by atoms with Gasteiger partial charge in [0.05, 0.1) is 16.7 Å². The lowest BCUT2D eigenvalue weighted by atomic mass is 10.2. The smallest absolute Gasteiger partial charge is 0.410 e. The zero-order valence-electron chi connectivity index (χ0n) is 11.8. The minimum atomic E-state index is -0.455. The first kappa shape index (κ1) is 14.4. The molecule has 1 aromatic rings. The third-order valence-corrected chi connectivity index (χ3v) is 3.53. The van der Waals surface area contributed by atoms with Crippen molar-refractivity contribution in [3.05, 3.63) is 16.9 Å². The number of carbonyl (C=O) groups is 1. The van der Waals surface area contributed by atoms with Crippen LogP contribution in [0.5, 0.6) is 0 Å².